The lowest BCUT2D eigenvalue weighted by Gasteiger charge is -2.30. The van der Waals surface area contributed by atoms with E-state index in [1.807, 2.05) is 67.6 Å². The molecule has 1 aromatic heterocycles. The minimum Gasteiger partial charge on any atom is -0.454 e. The number of hydrogen-bond donors (Lipinski definition) is 0. The molecule has 0 fully saturated rings. The van der Waals surface area contributed by atoms with Gasteiger partial charge in [-0.05, 0) is 47.9 Å². The van der Waals surface area contributed by atoms with Crippen LogP contribution in [0.3, 0.4) is 0 Å². The molecule has 1 amide bonds. The number of carbonyl (C=O) groups is 1. The second-order valence-corrected chi connectivity index (χ2v) is 10.2. The zero-order valence-corrected chi connectivity index (χ0v) is 23.5. The van der Waals surface area contributed by atoms with Gasteiger partial charge in [-0.3, -0.25) is 14.2 Å². The van der Waals surface area contributed by atoms with Crippen molar-refractivity contribution in [3.8, 4) is 28.3 Å². The maximum Gasteiger partial charge on any atom is 0.266 e. The Morgan fingerprint density at radius 2 is 1.63 bits per heavy atom. The van der Waals surface area contributed by atoms with E-state index in [1.54, 1.807) is 40.8 Å². The van der Waals surface area contributed by atoms with Crippen LogP contribution in [0, 0.1) is 0 Å². The molecule has 0 N–H and O–H groups in total. The summed E-state index contributed by atoms with van der Waals surface area (Å²) in [6.45, 7) is 2.69. The first-order valence-electron chi connectivity index (χ1n) is 13.9. The molecule has 43 heavy (non-hydrogen) atoms. The van der Waals surface area contributed by atoms with E-state index in [1.165, 1.54) is 0 Å². The van der Waals surface area contributed by atoms with Gasteiger partial charge < -0.3 is 19.1 Å². The predicted octanol–water partition coefficient (Wildman–Crippen LogP) is 6.20. The lowest BCUT2D eigenvalue weighted by atomic mass is 10.0. The van der Waals surface area contributed by atoms with Crippen molar-refractivity contribution in [3.63, 3.8) is 0 Å². The van der Waals surface area contributed by atoms with Gasteiger partial charge in [-0.2, -0.15) is 0 Å². The summed E-state index contributed by atoms with van der Waals surface area (Å²) in [5.41, 5.74) is 4.03. The number of amides is 1. The molecule has 0 saturated heterocycles. The molecule has 0 aliphatic carbocycles. The molecule has 220 valence electrons. The lowest BCUT2D eigenvalue weighted by Crippen LogP contribution is -2.40. The monoisotopic (exact) mass is 577 g/mol. The Hall–Kier alpha value is -4.95. The van der Waals surface area contributed by atoms with Crippen LogP contribution in [0.15, 0.2) is 102 Å². The first-order valence-corrected chi connectivity index (χ1v) is 13.9. The number of methoxy groups -OCH3 is 1. The van der Waals surface area contributed by atoms with Crippen molar-refractivity contribution in [2.45, 2.75) is 26.8 Å². The summed E-state index contributed by atoms with van der Waals surface area (Å²) in [5.74, 6) is 1.52. The molecule has 0 radical (unpaired) electrons. The molecule has 2 heterocycles. The van der Waals surface area contributed by atoms with Crippen LogP contribution in [0.2, 0.25) is 0 Å². The molecule has 0 bridgehead atoms. The molecule has 6 rings (SSSR count). The first kappa shape index (κ1) is 29.5. The summed E-state index contributed by atoms with van der Waals surface area (Å²) in [6, 6.07) is 30.2. The van der Waals surface area contributed by atoms with Crippen LogP contribution < -0.4 is 15.0 Å². The van der Waals surface area contributed by atoms with Gasteiger partial charge in [0, 0.05) is 19.7 Å². The molecule has 8 nitrogen and oxygen atoms in total. The summed E-state index contributed by atoms with van der Waals surface area (Å²) in [6.07, 6.45) is 0.199. The number of rotatable bonds is 9. The molecule has 0 unspecified atom stereocenters. The second-order valence-electron chi connectivity index (χ2n) is 10.2. The Balaban J connectivity index is 0.00000368. The van der Waals surface area contributed by atoms with Crippen molar-refractivity contribution in [3.05, 3.63) is 119 Å². The fourth-order valence-electron chi connectivity index (χ4n) is 5.29. The maximum absolute atomic E-state index is 13.9. The number of aromatic nitrogens is 2. The topological polar surface area (TPSA) is 82.9 Å². The number of ether oxygens (including phenoxy) is 3. The first-order chi connectivity index (χ1) is 20.5. The number of para-hydroxylation sites is 1. The standard InChI is InChI=1S/C34H31N3O5.CH4/c1-23(36(18-19-40-2)32(38)20-24-12-14-26(15-13-24)25-8-4-3-5-9-25)33-35-29-11-7-6-10-28(29)34(39)37(33)27-16-17-30-31(21-27)42-22-41-30;/h3-17,21,23H,18-20,22H2,1-2H3;1H4/t23-;/m1./s1. The van der Waals surface area contributed by atoms with E-state index in [9.17, 15) is 9.59 Å². The minimum atomic E-state index is -0.543. The van der Waals surface area contributed by atoms with Gasteiger partial charge in [0.25, 0.3) is 5.56 Å². The Kier molecular flexibility index (Phi) is 8.87. The molecule has 5 aromatic rings. The van der Waals surface area contributed by atoms with Crippen LogP contribution in [0.1, 0.15) is 31.8 Å². The highest BCUT2D eigenvalue weighted by Gasteiger charge is 2.27. The van der Waals surface area contributed by atoms with Crippen LogP contribution in [-0.2, 0) is 16.0 Å². The van der Waals surface area contributed by atoms with Gasteiger partial charge in [0.05, 0.1) is 35.7 Å². The molecule has 1 atom stereocenters. The Labute approximate surface area is 251 Å². The lowest BCUT2D eigenvalue weighted by molar-refractivity contribution is -0.133. The number of hydrogen-bond acceptors (Lipinski definition) is 6. The van der Waals surface area contributed by atoms with Crippen molar-refractivity contribution in [2.24, 2.45) is 0 Å². The summed E-state index contributed by atoms with van der Waals surface area (Å²) in [5, 5.41) is 0.486. The summed E-state index contributed by atoms with van der Waals surface area (Å²) < 4.78 is 18.0. The van der Waals surface area contributed by atoms with Gasteiger partial charge in [-0.15, -0.1) is 0 Å². The zero-order chi connectivity index (χ0) is 29.1. The van der Waals surface area contributed by atoms with Crippen molar-refractivity contribution in [1.29, 1.82) is 0 Å². The summed E-state index contributed by atoms with van der Waals surface area (Å²) >= 11 is 0. The highest BCUT2D eigenvalue weighted by molar-refractivity contribution is 5.80. The molecular formula is C35H35N3O5. The van der Waals surface area contributed by atoms with E-state index in [0.717, 1.165) is 16.7 Å². The SMILES string of the molecule is C.COCCN(C(=O)Cc1ccc(-c2ccccc2)cc1)[C@H](C)c1nc2ccccc2c(=O)n1-c1ccc2c(c1)OCO2. The Morgan fingerprint density at radius 1 is 0.930 bits per heavy atom. The molecule has 0 saturated carbocycles. The number of fused-ring (bicyclic) bond motifs is 2. The molecule has 4 aromatic carbocycles. The fourth-order valence-corrected chi connectivity index (χ4v) is 5.29. The number of benzene rings is 4. The molecule has 8 heteroatoms. The van der Waals surface area contributed by atoms with Crippen LogP contribution in [0.25, 0.3) is 27.7 Å². The number of nitrogens with zero attached hydrogens (tertiary/aromatic N) is 3. The highest BCUT2D eigenvalue weighted by Crippen LogP contribution is 2.34. The highest BCUT2D eigenvalue weighted by atomic mass is 16.7. The van der Waals surface area contributed by atoms with Gasteiger partial charge in [0.1, 0.15) is 5.82 Å². The van der Waals surface area contributed by atoms with Gasteiger partial charge in [0.2, 0.25) is 12.7 Å². The molecular weight excluding hydrogens is 542 g/mol. The average molecular weight is 578 g/mol. The largest absolute Gasteiger partial charge is 0.454 e. The molecule has 0 spiro atoms. The van der Waals surface area contributed by atoms with Crippen LogP contribution in [0.4, 0.5) is 0 Å². The van der Waals surface area contributed by atoms with Crippen LogP contribution in [0.5, 0.6) is 11.5 Å². The molecule has 1 aliphatic rings. The van der Waals surface area contributed by atoms with Gasteiger partial charge in [-0.25, -0.2) is 4.98 Å². The average Bonchev–Trinajstić information content (AvgIpc) is 3.50. The van der Waals surface area contributed by atoms with E-state index in [2.05, 4.69) is 12.1 Å². The van der Waals surface area contributed by atoms with Gasteiger partial charge in [-0.1, -0.05) is 74.2 Å². The third-order valence-corrected chi connectivity index (χ3v) is 7.53. The van der Waals surface area contributed by atoms with Crippen molar-refractivity contribution >= 4 is 16.8 Å². The zero-order valence-electron chi connectivity index (χ0n) is 23.5. The second kappa shape index (κ2) is 12.9. The quantitative estimate of drug-likeness (QED) is 0.208. The van der Waals surface area contributed by atoms with E-state index in [-0.39, 0.29) is 32.1 Å². The van der Waals surface area contributed by atoms with Gasteiger partial charge in [0.15, 0.2) is 11.5 Å². The number of carbonyl (C=O) groups excluding carboxylic acids is 1. The van der Waals surface area contributed by atoms with Crippen molar-refractivity contribution in [1.82, 2.24) is 14.5 Å². The van der Waals surface area contributed by atoms with E-state index in [0.29, 0.717) is 47.1 Å². The van der Waals surface area contributed by atoms with E-state index >= 15 is 0 Å². The third-order valence-electron chi connectivity index (χ3n) is 7.53. The van der Waals surface area contributed by atoms with Crippen LogP contribution >= 0.6 is 0 Å². The Bertz CT molecular complexity index is 1780. The summed E-state index contributed by atoms with van der Waals surface area (Å²) in [7, 11) is 1.60. The van der Waals surface area contributed by atoms with Gasteiger partial charge >= 0.3 is 0 Å². The van der Waals surface area contributed by atoms with E-state index in [4.69, 9.17) is 19.2 Å². The third kappa shape index (κ3) is 6.01. The maximum atomic E-state index is 13.9. The smallest absolute Gasteiger partial charge is 0.266 e. The molecule has 1 aliphatic heterocycles. The summed E-state index contributed by atoms with van der Waals surface area (Å²) in [4.78, 5) is 34.4. The van der Waals surface area contributed by atoms with E-state index < -0.39 is 6.04 Å². The Morgan fingerprint density at radius 3 is 2.40 bits per heavy atom. The fraction of sp³-hybridized carbons (Fsp3) is 0.229. The predicted molar refractivity (Wildman–Crippen MR) is 168 cm³/mol. The van der Waals surface area contributed by atoms with Crippen LogP contribution in [-0.4, -0.2) is 47.4 Å². The van der Waals surface area contributed by atoms with Crippen molar-refractivity contribution in [2.75, 3.05) is 27.1 Å². The van der Waals surface area contributed by atoms with Crippen molar-refractivity contribution < 1.29 is 19.0 Å². The normalized spacial score (nSPS) is 12.5. The minimum absolute atomic E-state index is 0.